The van der Waals surface area contributed by atoms with Crippen molar-refractivity contribution in [1.29, 1.82) is 0 Å². The zero-order valence-corrected chi connectivity index (χ0v) is 15.3. The third kappa shape index (κ3) is 5.11. The van der Waals surface area contributed by atoms with Crippen molar-refractivity contribution in [1.82, 2.24) is 15.1 Å². The van der Waals surface area contributed by atoms with Gasteiger partial charge in [-0.1, -0.05) is 29.3 Å². The Kier molecular flexibility index (Phi) is 5.79. The van der Waals surface area contributed by atoms with Gasteiger partial charge in [0.25, 0.3) is 0 Å². The summed E-state index contributed by atoms with van der Waals surface area (Å²) in [7, 11) is 0. The number of halogens is 1. The molecule has 2 aromatic carbocycles. The molecule has 1 aromatic heterocycles. The molecular formula is C19H18ClN3OS. The average molecular weight is 372 g/mol. The van der Waals surface area contributed by atoms with Gasteiger partial charge in [-0.3, -0.25) is 4.79 Å². The molecule has 0 fully saturated rings. The third-order valence-electron chi connectivity index (χ3n) is 3.61. The summed E-state index contributed by atoms with van der Waals surface area (Å²) in [6.45, 7) is 2.51. The molecule has 0 aliphatic heterocycles. The van der Waals surface area contributed by atoms with Gasteiger partial charge in [-0.05, 0) is 43.3 Å². The molecule has 0 spiro atoms. The molecular weight excluding hydrogens is 354 g/mol. The number of carbonyl (C=O) groups excluding carboxylic acids is 1. The first-order valence-electron chi connectivity index (χ1n) is 7.86. The van der Waals surface area contributed by atoms with E-state index in [0.717, 1.165) is 16.1 Å². The number of nitrogens with zero attached hydrogens (tertiary/aromatic N) is 2. The largest absolute Gasteiger partial charge is 0.351 e. The summed E-state index contributed by atoms with van der Waals surface area (Å²) in [4.78, 5) is 13.1. The van der Waals surface area contributed by atoms with Crippen LogP contribution in [0, 0.1) is 6.92 Å². The molecule has 0 saturated carbocycles. The molecule has 6 heteroatoms. The highest BCUT2D eigenvalue weighted by Crippen LogP contribution is 2.18. The van der Waals surface area contributed by atoms with E-state index in [2.05, 4.69) is 10.4 Å². The number of aromatic nitrogens is 2. The molecule has 0 atom stereocenters. The van der Waals surface area contributed by atoms with Gasteiger partial charge >= 0.3 is 0 Å². The van der Waals surface area contributed by atoms with Crippen molar-refractivity contribution in [2.24, 2.45) is 0 Å². The number of nitrogens with one attached hydrogen (secondary N) is 1. The number of aryl methyl sites for hydroxylation is 1. The highest BCUT2D eigenvalue weighted by atomic mass is 35.5. The molecule has 0 saturated heterocycles. The van der Waals surface area contributed by atoms with Gasteiger partial charge in [0.15, 0.2) is 0 Å². The Bertz CT molecular complexity index is 844. The summed E-state index contributed by atoms with van der Waals surface area (Å²) >= 11 is 7.42. The van der Waals surface area contributed by atoms with E-state index < -0.39 is 0 Å². The van der Waals surface area contributed by atoms with E-state index in [1.165, 1.54) is 17.3 Å². The normalized spacial score (nSPS) is 10.6. The molecule has 0 unspecified atom stereocenters. The van der Waals surface area contributed by atoms with E-state index in [9.17, 15) is 4.79 Å². The van der Waals surface area contributed by atoms with Crippen LogP contribution in [0.25, 0.3) is 5.69 Å². The molecule has 1 amide bonds. The summed E-state index contributed by atoms with van der Waals surface area (Å²) < 4.78 is 1.76. The number of benzene rings is 2. The zero-order chi connectivity index (χ0) is 17.6. The van der Waals surface area contributed by atoms with Crippen LogP contribution in [0.3, 0.4) is 0 Å². The van der Waals surface area contributed by atoms with Gasteiger partial charge in [0.05, 0.1) is 17.6 Å². The first-order chi connectivity index (χ1) is 12.1. The number of carbonyl (C=O) groups is 1. The van der Waals surface area contributed by atoms with Crippen LogP contribution in [-0.4, -0.2) is 21.4 Å². The molecule has 25 heavy (non-hydrogen) atoms. The Morgan fingerprint density at radius 3 is 2.60 bits per heavy atom. The van der Waals surface area contributed by atoms with Crippen molar-refractivity contribution in [3.63, 3.8) is 0 Å². The Balaban J connectivity index is 1.49. The summed E-state index contributed by atoms with van der Waals surface area (Å²) in [6.07, 6.45) is 3.65. The van der Waals surface area contributed by atoms with E-state index in [1.54, 1.807) is 10.9 Å². The molecule has 0 bridgehead atoms. The average Bonchev–Trinajstić information content (AvgIpc) is 3.09. The van der Waals surface area contributed by atoms with Crippen LogP contribution in [0.5, 0.6) is 0 Å². The number of hydrogen-bond donors (Lipinski definition) is 1. The van der Waals surface area contributed by atoms with Crippen molar-refractivity contribution in [2.75, 3.05) is 5.75 Å². The van der Waals surface area contributed by atoms with E-state index >= 15 is 0 Å². The highest BCUT2D eigenvalue weighted by Gasteiger charge is 2.05. The molecule has 1 N–H and O–H groups in total. The maximum absolute atomic E-state index is 12.0. The fourth-order valence-corrected chi connectivity index (χ4v) is 3.08. The van der Waals surface area contributed by atoms with E-state index in [0.29, 0.717) is 17.3 Å². The van der Waals surface area contributed by atoms with E-state index in [-0.39, 0.29) is 5.91 Å². The second-order valence-electron chi connectivity index (χ2n) is 5.65. The second kappa shape index (κ2) is 8.23. The summed E-state index contributed by atoms with van der Waals surface area (Å²) in [5.41, 5.74) is 3.09. The minimum atomic E-state index is 0.00446. The smallest absolute Gasteiger partial charge is 0.230 e. The van der Waals surface area contributed by atoms with Crippen LogP contribution < -0.4 is 5.32 Å². The van der Waals surface area contributed by atoms with Crippen molar-refractivity contribution in [2.45, 2.75) is 18.4 Å². The van der Waals surface area contributed by atoms with Gasteiger partial charge in [-0.15, -0.1) is 11.8 Å². The van der Waals surface area contributed by atoms with Gasteiger partial charge in [-0.25, -0.2) is 4.68 Å². The summed E-state index contributed by atoms with van der Waals surface area (Å²) in [6, 6.07) is 15.6. The summed E-state index contributed by atoms with van der Waals surface area (Å²) in [5, 5.41) is 7.92. The molecule has 3 aromatic rings. The van der Waals surface area contributed by atoms with Gasteiger partial charge in [-0.2, -0.15) is 5.10 Å². The van der Waals surface area contributed by atoms with Crippen LogP contribution >= 0.6 is 23.4 Å². The van der Waals surface area contributed by atoms with Crippen molar-refractivity contribution in [3.05, 3.63) is 77.1 Å². The molecule has 3 rings (SSSR count). The lowest BCUT2D eigenvalue weighted by Crippen LogP contribution is -2.24. The predicted molar refractivity (Wildman–Crippen MR) is 102 cm³/mol. The van der Waals surface area contributed by atoms with E-state index in [4.69, 9.17) is 11.6 Å². The van der Waals surface area contributed by atoms with Crippen LogP contribution in [0.15, 0.2) is 65.8 Å². The van der Waals surface area contributed by atoms with Crippen molar-refractivity contribution < 1.29 is 4.79 Å². The third-order valence-corrected chi connectivity index (χ3v) is 4.87. The Hall–Kier alpha value is -2.24. The highest BCUT2D eigenvalue weighted by molar-refractivity contribution is 8.00. The molecule has 0 radical (unpaired) electrons. The van der Waals surface area contributed by atoms with Crippen LogP contribution in [0.2, 0.25) is 5.02 Å². The SMILES string of the molecule is Cc1ccc(SCC(=O)NCc2cnn(-c3ccc(Cl)cc3)c2)cc1. The van der Waals surface area contributed by atoms with Crippen molar-refractivity contribution >= 4 is 29.3 Å². The first kappa shape index (κ1) is 17.6. The van der Waals surface area contributed by atoms with Gasteiger partial charge in [0.2, 0.25) is 5.91 Å². The maximum Gasteiger partial charge on any atom is 0.230 e. The number of amides is 1. The summed E-state index contributed by atoms with van der Waals surface area (Å²) in [5.74, 6) is 0.402. The van der Waals surface area contributed by atoms with Crippen LogP contribution in [0.1, 0.15) is 11.1 Å². The minimum Gasteiger partial charge on any atom is -0.351 e. The van der Waals surface area contributed by atoms with Gasteiger partial charge in [0, 0.05) is 28.2 Å². The monoisotopic (exact) mass is 371 g/mol. The van der Waals surface area contributed by atoms with Gasteiger partial charge < -0.3 is 5.32 Å². The van der Waals surface area contributed by atoms with Gasteiger partial charge in [0.1, 0.15) is 0 Å². The second-order valence-corrected chi connectivity index (χ2v) is 7.13. The molecule has 4 nitrogen and oxygen atoms in total. The maximum atomic E-state index is 12.0. The zero-order valence-electron chi connectivity index (χ0n) is 13.8. The fourth-order valence-electron chi connectivity index (χ4n) is 2.22. The van der Waals surface area contributed by atoms with Crippen LogP contribution in [0.4, 0.5) is 0 Å². The lowest BCUT2D eigenvalue weighted by molar-refractivity contribution is -0.118. The number of hydrogen-bond acceptors (Lipinski definition) is 3. The minimum absolute atomic E-state index is 0.00446. The van der Waals surface area contributed by atoms with Crippen molar-refractivity contribution in [3.8, 4) is 5.69 Å². The molecule has 0 aliphatic rings. The Labute approximate surface area is 156 Å². The Morgan fingerprint density at radius 1 is 1.16 bits per heavy atom. The van der Waals surface area contributed by atoms with Crippen LogP contribution in [-0.2, 0) is 11.3 Å². The first-order valence-corrected chi connectivity index (χ1v) is 9.22. The molecule has 1 heterocycles. The molecule has 128 valence electrons. The standard InChI is InChI=1S/C19H18ClN3OS/c1-14-2-8-18(9-3-14)25-13-19(24)21-10-15-11-22-23(12-15)17-6-4-16(20)5-7-17/h2-9,11-12H,10,13H2,1H3,(H,21,24). The molecule has 0 aliphatic carbocycles. The predicted octanol–water partition coefficient (Wildman–Crippen LogP) is 4.24. The lowest BCUT2D eigenvalue weighted by atomic mass is 10.2. The topological polar surface area (TPSA) is 46.9 Å². The quantitative estimate of drug-likeness (QED) is 0.659. The lowest BCUT2D eigenvalue weighted by Gasteiger charge is -2.04. The number of thioether (sulfide) groups is 1. The van der Waals surface area contributed by atoms with E-state index in [1.807, 2.05) is 61.7 Å². The Morgan fingerprint density at radius 2 is 1.88 bits per heavy atom. The fraction of sp³-hybridized carbons (Fsp3) is 0.158. The number of rotatable bonds is 6.